The molecule has 7 heteroatoms. The molecule has 1 aromatic carbocycles. The van der Waals surface area contributed by atoms with Crippen LogP contribution in [0, 0.1) is 17.3 Å². The SMILES string of the molecule is CC1(C)[C@H](C=C(Cl)Cl)[C@@H]1C(=O)N[C@H](c1ccccc1)C(Cl)(Cl)Cl. The van der Waals surface area contributed by atoms with Gasteiger partial charge < -0.3 is 5.32 Å². The Labute approximate surface area is 161 Å². The summed E-state index contributed by atoms with van der Waals surface area (Å²) in [5.41, 5.74) is 0.482. The number of rotatable bonds is 4. The third kappa shape index (κ3) is 4.49. The van der Waals surface area contributed by atoms with Crippen LogP contribution in [-0.4, -0.2) is 9.70 Å². The van der Waals surface area contributed by atoms with Crippen molar-refractivity contribution in [3.8, 4) is 0 Å². The van der Waals surface area contributed by atoms with E-state index in [9.17, 15) is 4.79 Å². The quantitative estimate of drug-likeness (QED) is 0.618. The highest BCUT2D eigenvalue weighted by Crippen LogP contribution is 2.60. The molecule has 126 valence electrons. The van der Waals surface area contributed by atoms with Crippen LogP contribution in [0.25, 0.3) is 0 Å². The standard InChI is InChI=1S/C16H16Cl5NO/c1-15(2)10(8-11(17)18)12(15)14(23)22-13(16(19,20)21)9-6-4-3-5-7-9/h3-8,10,12-13H,1-2H3,(H,22,23)/t10-,12-,13-/m1/s1. The topological polar surface area (TPSA) is 29.1 Å². The number of halogens is 5. The molecule has 0 aliphatic heterocycles. The molecule has 0 saturated heterocycles. The molecule has 1 aliphatic carbocycles. The second-order valence-electron chi connectivity index (χ2n) is 6.18. The molecule has 2 nitrogen and oxygen atoms in total. The van der Waals surface area contributed by atoms with Crippen molar-refractivity contribution in [2.45, 2.75) is 23.7 Å². The zero-order valence-electron chi connectivity index (χ0n) is 12.5. The molecule has 0 bridgehead atoms. The van der Waals surface area contributed by atoms with Crippen LogP contribution in [0.15, 0.2) is 40.9 Å². The highest BCUT2D eigenvalue weighted by molar-refractivity contribution is 6.68. The van der Waals surface area contributed by atoms with Gasteiger partial charge in [0.15, 0.2) is 0 Å². The van der Waals surface area contributed by atoms with Gasteiger partial charge in [0.25, 0.3) is 0 Å². The maximum atomic E-state index is 12.6. The lowest BCUT2D eigenvalue weighted by Crippen LogP contribution is -2.38. The Morgan fingerprint density at radius 1 is 1.22 bits per heavy atom. The van der Waals surface area contributed by atoms with E-state index in [1.165, 1.54) is 0 Å². The van der Waals surface area contributed by atoms with Crippen LogP contribution in [0.5, 0.6) is 0 Å². The zero-order chi connectivity index (χ0) is 17.4. The van der Waals surface area contributed by atoms with E-state index in [4.69, 9.17) is 58.0 Å². The average Bonchev–Trinajstić information content (AvgIpc) is 2.96. The second-order valence-corrected chi connectivity index (χ2v) is 9.55. The fraction of sp³-hybridized carbons (Fsp3) is 0.438. The summed E-state index contributed by atoms with van der Waals surface area (Å²) in [6, 6.07) is 8.37. The van der Waals surface area contributed by atoms with E-state index in [2.05, 4.69) is 5.32 Å². The summed E-state index contributed by atoms with van der Waals surface area (Å²) in [7, 11) is 0. The van der Waals surface area contributed by atoms with E-state index in [0.717, 1.165) is 5.56 Å². The lowest BCUT2D eigenvalue weighted by Gasteiger charge is -2.26. The molecule has 0 unspecified atom stereocenters. The lowest BCUT2D eigenvalue weighted by molar-refractivity contribution is -0.123. The Kier molecular flexibility index (Phi) is 5.86. The number of amides is 1. The summed E-state index contributed by atoms with van der Waals surface area (Å²) < 4.78 is -1.51. The summed E-state index contributed by atoms with van der Waals surface area (Å²) in [5.74, 6) is -0.501. The van der Waals surface area contributed by atoms with Gasteiger partial charge in [-0.15, -0.1) is 0 Å². The van der Waals surface area contributed by atoms with Gasteiger partial charge in [0.2, 0.25) is 9.70 Å². The van der Waals surface area contributed by atoms with E-state index in [1.807, 2.05) is 32.0 Å². The second kappa shape index (κ2) is 7.01. The van der Waals surface area contributed by atoms with Gasteiger partial charge in [0, 0.05) is 0 Å². The van der Waals surface area contributed by atoms with Crippen LogP contribution in [0.2, 0.25) is 0 Å². The zero-order valence-corrected chi connectivity index (χ0v) is 16.3. The summed E-state index contributed by atoms with van der Waals surface area (Å²) >= 11 is 29.6. The molecule has 1 aromatic rings. The number of carbonyl (C=O) groups is 1. The fourth-order valence-electron chi connectivity index (χ4n) is 2.86. The molecule has 1 saturated carbocycles. The predicted molar refractivity (Wildman–Crippen MR) is 98.2 cm³/mol. The Hall–Kier alpha value is -0.120. The molecule has 23 heavy (non-hydrogen) atoms. The Balaban J connectivity index is 2.19. The monoisotopic (exact) mass is 413 g/mol. The van der Waals surface area contributed by atoms with E-state index in [0.29, 0.717) is 0 Å². The van der Waals surface area contributed by atoms with Gasteiger partial charge in [-0.05, 0) is 23.0 Å². The van der Waals surface area contributed by atoms with Crippen molar-refractivity contribution in [2.75, 3.05) is 0 Å². The van der Waals surface area contributed by atoms with Crippen molar-refractivity contribution in [2.24, 2.45) is 17.3 Å². The van der Waals surface area contributed by atoms with E-state index >= 15 is 0 Å². The lowest BCUT2D eigenvalue weighted by atomic mass is 10.1. The number of alkyl halides is 3. The van der Waals surface area contributed by atoms with Gasteiger partial charge in [-0.25, -0.2) is 0 Å². The summed E-state index contributed by atoms with van der Waals surface area (Å²) in [4.78, 5) is 12.6. The summed E-state index contributed by atoms with van der Waals surface area (Å²) in [5, 5.41) is 2.84. The number of hydrogen-bond donors (Lipinski definition) is 1. The van der Waals surface area contributed by atoms with Crippen LogP contribution in [0.1, 0.15) is 25.5 Å². The van der Waals surface area contributed by atoms with Gasteiger partial charge in [-0.1, -0.05) is 102 Å². The molecule has 1 aliphatic rings. The van der Waals surface area contributed by atoms with Crippen LogP contribution in [-0.2, 0) is 4.79 Å². The van der Waals surface area contributed by atoms with Gasteiger partial charge in [0.05, 0.1) is 5.92 Å². The first-order chi connectivity index (χ1) is 10.5. The first kappa shape index (κ1) is 19.2. The van der Waals surface area contributed by atoms with Crippen molar-refractivity contribution in [3.05, 3.63) is 46.5 Å². The maximum Gasteiger partial charge on any atom is 0.224 e. The van der Waals surface area contributed by atoms with Gasteiger partial charge in [0.1, 0.15) is 10.5 Å². The molecule has 1 amide bonds. The number of hydrogen-bond acceptors (Lipinski definition) is 1. The van der Waals surface area contributed by atoms with Crippen molar-refractivity contribution >= 4 is 63.9 Å². The Morgan fingerprint density at radius 3 is 2.26 bits per heavy atom. The Bertz CT molecular complexity index is 605. The molecule has 1 fully saturated rings. The third-order valence-corrected chi connectivity index (χ3v) is 5.15. The smallest absolute Gasteiger partial charge is 0.224 e. The highest BCUT2D eigenvalue weighted by Gasteiger charge is 2.61. The molecular weight excluding hydrogens is 399 g/mol. The van der Waals surface area contributed by atoms with Gasteiger partial charge in [-0.2, -0.15) is 0 Å². The number of carbonyl (C=O) groups excluding carboxylic acids is 1. The maximum absolute atomic E-state index is 12.6. The van der Waals surface area contributed by atoms with Gasteiger partial charge in [-0.3, -0.25) is 4.79 Å². The van der Waals surface area contributed by atoms with Crippen LogP contribution < -0.4 is 5.32 Å². The largest absolute Gasteiger partial charge is 0.345 e. The van der Waals surface area contributed by atoms with E-state index in [1.54, 1.807) is 18.2 Å². The van der Waals surface area contributed by atoms with E-state index < -0.39 is 9.83 Å². The average molecular weight is 416 g/mol. The molecule has 1 N–H and O–H groups in total. The first-order valence-corrected chi connectivity index (χ1v) is 8.89. The predicted octanol–water partition coefficient (Wildman–Crippen LogP) is 5.81. The normalized spacial score (nSPS) is 23.8. The number of allylic oxidation sites excluding steroid dienone is 1. The molecule has 0 heterocycles. The van der Waals surface area contributed by atoms with Crippen molar-refractivity contribution in [1.29, 1.82) is 0 Å². The molecule has 0 spiro atoms. The van der Waals surface area contributed by atoms with Crippen molar-refractivity contribution in [1.82, 2.24) is 5.32 Å². The third-order valence-electron chi connectivity index (χ3n) is 4.25. The minimum Gasteiger partial charge on any atom is -0.345 e. The van der Waals surface area contributed by atoms with Crippen LogP contribution in [0.4, 0.5) is 0 Å². The molecule has 3 atom stereocenters. The van der Waals surface area contributed by atoms with Crippen LogP contribution in [0.3, 0.4) is 0 Å². The van der Waals surface area contributed by atoms with Crippen LogP contribution >= 0.6 is 58.0 Å². The molecule has 0 radical (unpaired) electrons. The van der Waals surface area contributed by atoms with Gasteiger partial charge >= 0.3 is 0 Å². The number of nitrogens with one attached hydrogen (secondary N) is 1. The van der Waals surface area contributed by atoms with Crippen molar-refractivity contribution < 1.29 is 4.79 Å². The minimum absolute atomic E-state index is 0.0423. The summed E-state index contributed by atoms with van der Waals surface area (Å²) in [6.45, 7) is 3.95. The molecular formula is C16H16Cl5NO. The molecule has 0 aromatic heterocycles. The first-order valence-electron chi connectivity index (χ1n) is 7.00. The number of benzene rings is 1. The summed E-state index contributed by atoms with van der Waals surface area (Å²) in [6.07, 6.45) is 1.68. The highest BCUT2D eigenvalue weighted by atomic mass is 35.6. The minimum atomic E-state index is -1.66. The molecule has 2 rings (SSSR count). The Morgan fingerprint density at radius 2 is 1.78 bits per heavy atom. The fourth-order valence-corrected chi connectivity index (χ4v) is 3.67. The van der Waals surface area contributed by atoms with Crippen molar-refractivity contribution in [3.63, 3.8) is 0 Å². The van der Waals surface area contributed by atoms with E-state index in [-0.39, 0.29) is 27.6 Å².